The van der Waals surface area contributed by atoms with Crippen LogP contribution in [-0.2, 0) is 4.79 Å². The van der Waals surface area contributed by atoms with Gasteiger partial charge in [0.1, 0.15) is 11.6 Å². The molecule has 0 aliphatic rings. The van der Waals surface area contributed by atoms with Gasteiger partial charge < -0.3 is 15.5 Å². The number of furan rings is 1. The van der Waals surface area contributed by atoms with E-state index in [2.05, 4.69) is 15.4 Å². The molecule has 4 rings (SSSR count). The molecule has 3 N–H and O–H groups in total. The van der Waals surface area contributed by atoms with Gasteiger partial charge in [-0.05, 0) is 54.4 Å². The molecule has 0 saturated heterocycles. The summed E-state index contributed by atoms with van der Waals surface area (Å²) in [6.45, 7) is 3.35. The number of pyridine rings is 1. The number of nitrogens with two attached hydrogens (primary N) is 1. The minimum Gasteiger partial charge on any atom is -0.458 e. The summed E-state index contributed by atoms with van der Waals surface area (Å²) in [7, 11) is 0. The summed E-state index contributed by atoms with van der Waals surface area (Å²) in [5.74, 6) is 2.26. The summed E-state index contributed by atoms with van der Waals surface area (Å²) in [5.41, 5.74) is 9.42. The van der Waals surface area contributed by atoms with E-state index in [1.807, 2.05) is 55.5 Å². The maximum absolute atomic E-state index is 11.1. The number of hydrogen-bond donors (Lipinski definition) is 2. The summed E-state index contributed by atoms with van der Waals surface area (Å²) >= 11 is 0. The van der Waals surface area contributed by atoms with Crippen LogP contribution in [0.2, 0.25) is 0 Å². The summed E-state index contributed by atoms with van der Waals surface area (Å²) < 4.78 is 7.17. The second-order valence-corrected chi connectivity index (χ2v) is 6.04. The van der Waals surface area contributed by atoms with Gasteiger partial charge >= 0.3 is 0 Å². The van der Waals surface area contributed by atoms with E-state index in [1.54, 1.807) is 4.52 Å². The normalized spacial score (nSPS) is 11.0. The van der Waals surface area contributed by atoms with Crippen LogP contribution in [0, 0.1) is 6.92 Å². The molecule has 0 aliphatic heterocycles. The number of benzene rings is 1. The lowest BCUT2D eigenvalue weighted by atomic mass is 10.1. The van der Waals surface area contributed by atoms with Gasteiger partial charge in [-0.3, -0.25) is 4.79 Å². The molecular weight excluding hydrogens is 330 g/mol. The van der Waals surface area contributed by atoms with Gasteiger partial charge in [0.15, 0.2) is 11.4 Å². The van der Waals surface area contributed by atoms with Gasteiger partial charge in [0.05, 0.1) is 0 Å². The number of aromatic nitrogens is 3. The number of nitrogens with one attached hydrogen (secondary N) is 1. The zero-order chi connectivity index (χ0) is 18.3. The second kappa shape index (κ2) is 6.03. The Morgan fingerprint density at radius 3 is 2.54 bits per heavy atom. The molecule has 0 saturated carbocycles. The third-order valence-electron chi connectivity index (χ3n) is 3.96. The number of nitrogens with zero attached hydrogens (tertiary/aromatic N) is 3. The van der Waals surface area contributed by atoms with Crippen molar-refractivity contribution < 1.29 is 9.21 Å². The Balaban J connectivity index is 1.73. The largest absolute Gasteiger partial charge is 0.458 e. The van der Waals surface area contributed by atoms with Gasteiger partial charge in [-0.1, -0.05) is 12.1 Å². The van der Waals surface area contributed by atoms with Gasteiger partial charge in [0, 0.05) is 12.6 Å². The Labute approximate surface area is 149 Å². The van der Waals surface area contributed by atoms with Crippen LogP contribution >= 0.6 is 0 Å². The molecule has 26 heavy (non-hydrogen) atoms. The summed E-state index contributed by atoms with van der Waals surface area (Å²) in [6, 6.07) is 15.0. The summed E-state index contributed by atoms with van der Waals surface area (Å²) in [5, 5.41) is 7.16. The first-order valence-electron chi connectivity index (χ1n) is 8.11. The third-order valence-corrected chi connectivity index (χ3v) is 3.96. The summed E-state index contributed by atoms with van der Waals surface area (Å²) in [4.78, 5) is 15.6. The monoisotopic (exact) mass is 347 g/mol. The van der Waals surface area contributed by atoms with Gasteiger partial charge in [0.2, 0.25) is 11.7 Å². The van der Waals surface area contributed by atoms with Crippen molar-refractivity contribution in [1.82, 2.24) is 14.6 Å². The molecule has 1 aromatic carbocycles. The lowest BCUT2D eigenvalue weighted by molar-refractivity contribution is -0.114. The van der Waals surface area contributed by atoms with E-state index in [0.717, 1.165) is 22.6 Å². The Morgan fingerprint density at radius 2 is 1.88 bits per heavy atom. The fourth-order valence-electron chi connectivity index (χ4n) is 2.78. The molecule has 130 valence electrons. The lowest BCUT2D eigenvalue weighted by Gasteiger charge is -2.06. The van der Waals surface area contributed by atoms with Crippen LogP contribution in [0.5, 0.6) is 0 Å². The van der Waals surface area contributed by atoms with Crippen molar-refractivity contribution >= 4 is 23.1 Å². The molecule has 0 fully saturated rings. The molecule has 1 amide bonds. The fraction of sp³-hybridized carbons (Fsp3) is 0.105. The number of amides is 1. The summed E-state index contributed by atoms with van der Waals surface area (Å²) in [6.07, 6.45) is 0. The van der Waals surface area contributed by atoms with Crippen LogP contribution in [0.15, 0.2) is 52.9 Å². The average molecular weight is 347 g/mol. The van der Waals surface area contributed by atoms with Crippen molar-refractivity contribution in [3.05, 3.63) is 54.3 Å². The van der Waals surface area contributed by atoms with E-state index in [1.165, 1.54) is 6.92 Å². The standard InChI is InChI=1S/C19H17N5O2/c1-11-3-8-16(26-11)19-22-18-10-14(9-17(20)24(18)23-19)13-4-6-15(7-5-13)21-12(2)25/h3-10H,20H2,1-2H3,(H,21,25). The molecule has 0 unspecified atom stereocenters. The molecule has 0 aliphatic carbocycles. The maximum atomic E-state index is 11.1. The van der Waals surface area contributed by atoms with Crippen LogP contribution < -0.4 is 11.1 Å². The van der Waals surface area contributed by atoms with E-state index in [4.69, 9.17) is 10.2 Å². The van der Waals surface area contributed by atoms with Crippen molar-refractivity contribution in [2.75, 3.05) is 11.1 Å². The molecule has 0 spiro atoms. The highest BCUT2D eigenvalue weighted by Crippen LogP contribution is 2.27. The zero-order valence-corrected chi connectivity index (χ0v) is 14.4. The number of carbonyl (C=O) groups is 1. The van der Waals surface area contributed by atoms with E-state index in [0.29, 0.717) is 23.0 Å². The SMILES string of the molecule is CC(=O)Nc1ccc(-c2cc(N)n3nc(-c4ccc(C)o4)nc3c2)cc1. The van der Waals surface area contributed by atoms with Crippen LogP contribution in [-0.4, -0.2) is 20.5 Å². The van der Waals surface area contributed by atoms with Gasteiger partial charge in [-0.15, -0.1) is 5.10 Å². The minimum absolute atomic E-state index is 0.104. The molecule has 3 aromatic heterocycles. The average Bonchev–Trinajstić information content (AvgIpc) is 3.21. The second-order valence-electron chi connectivity index (χ2n) is 6.04. The first-order valence-corrected chi connectivity index (χ1v) is 8.11. The van der Waals surface area contributed by atoms with Gasteiger partial charge in [-0.25, -0.2) is 4.98 Å². The quantitative estimate of drug-likeness (QED) is 0.591. The molecule has 0 atom stereocenters. The first kappa shape index (κ1) is 15.9. The lowest BCUT2D eigenvalue weighted by Crippen LogP contribution is -2.05. The molecule has 0 bridgehead atoms. The third kappa shape index (κ3) is 2.90. The molecule has 0 radical (unpaired) electrons. The molecule has 7 nitrogen and oxygen atoms in total. The molecule has 7 heteroatoms. The van der Waals surface area contributed by atoms with Crippen molar-refractivity contribution in [2.45, 2.75) is 13.8 Å². The fourth-order valence-corrected chi connectivity index (χ4v) is 2.78. The smallest absolute Gasteiger partial charge is 0.221 e. The highest BCUT2D eigenvalue weighted by Gasteiger charge is 2.13. The Hall–Kier alpha value is -3.61. The minimum atomic E-state index is -0.104. The highest BCUT2D eigenvalue weighted by atomic mass is 16.3. The van der Waals surface area contributed by atoms with E-state index < -0.39 is 0 Å². The number of rotatable bonds is 3. The Bertz CT molecular complexity index is 1110. The van der Waals surface area contributed by atoms with Crippen molar-refractivity contribution in [1.29, 1.82) is 0 Å². The Kier molecular flexibility index (Phi) is 3.69. The van der Waals surface area contributed by atoms with Gasteiger partial charge in [0.25, 0.3) is 0 Å². The van der Waals surface area contributed by atoms with Crippen molar-refractivity contribution in [2.24, 2.45) is 0 Å². The van der Waals surface area contributed by atoms with Gasteiger partial charge in [-0.2, -0.15) is 4.52 Å². The number of hydrogen-bond acceptors (Lipinski definition) is 5. The zero-order valence-electron chi connectivity index (χ0n) is 14.4. The van der Waals surface area contributed by atoms with Crippen LogP contribution in [0.3, 0.4) is 0 Å². The topological polar surface area (TPSA) is 98.5 Å². The number of anilines is 2. The number of carbonyl (C=O) groups excluding carboxylic acids is 1. The van der Waals surface area contributed by atoms with Crippen LogP contribution in [0.25, 0.3) is 28.4 Å². The number of nitrogen functional groups attached to an aromatic ring is 1. The highest BCUT2D eigenvalue weighted by molar-refractivity contribution is 5.89. The molecular formula is C19H17N5O2. The van der Waals surface area contributed by atoms with E-state index in [9.17, 15) is 4.79 Å². The van der Waals surface area contributed by atoms with Crippen molar-refractivity contribution in [3.63, 3.8) is 0 Å². The first-order chi connectivity index (χ1) is 12.5. The Morgan fingerprint density at radius 1 is 1.12 bits per heavy atom. The molecule has 3 heterocycles. The predicted octanol–water partition coefficient (Wildman–Crippen LogP) is 3.51. The van der Waals surface area contributed by atoms with E-state index in [-0.39, 0.29) is 5.91 Å². The maximum Gasteiger partial charge on any atom is 0.221 e. The van der Waals surface area contributed by atoms with Crippen LogP contribution in [0.4, 0.5) is 11.5 Å². The van der Waals surface area contributed by atoms with Crippen molar-refractivity contribution in [3.8, 4) is 22.7 Å². The van der Waals surface area contributed by atoms with Crippen LogP contribution in [0.1, 0.15) is 12.7 Å². The predicted molar refractivity (Wildman–Crippen MR) is 99.6 cm³/mol. The number of aryl methyl sites for hydroxylation is 1. The van der Waals surface area contributed by atoms with E-state index >= 15 is 0 Å². The molecule has 4 aromatic rings. The number of fused-ring (bicyclic) bond motifs is 1.